The van der Waals surface area contributed by atoms with Crippen LogP contribution < -0.4 is 10.9 Å². The molecule has 0 aliphatic heterocycles. The number of rotatable bonds is 7. The highest BCUT2D eigenvalue weighted by Gasteiger charge is 2.34. The van der Waals surface area contributed by atoms with E-state index in [-0.39, 0.29) is 35.6 Å². The number of carboxylic acid groups (broad SMARTS) is 1. The van der Waals surface area contributed by atoms with Crippen molar-refractivity contribution in [3.63, 3.8) is 0 Å². The standard InChI is InChI=1S/C28H20ClF4NO5/c1-14-9-23-18(12-21(14)29)26(16-4-2-3-15(10-16)5-8-25(36)37)19(27(38)39-23)13-24(35)34-22-7-6-17(30)11-20(22)28(31,32)33/h2-4,6-7,9-12H,5,8,13H2,1H3,(H,34,35)(H,36,37). The third-order valence-electron chi connectivity index (χ3n) is 6.02. The number of halogens is 5. The minimum atomic E-state index is -4.94. The summed E-state index contributed by atoms with van der Waals surface area (Å²) in [6.45, 7) is 1.70. The number of carbonyl (C=O) groups excluding carboxylic acids is 1. The summed E-state index contributed by atoms with van der Waals surface area (Å²) in [6, 6.07) is 11.6. The molecule has 4 aromatic rings. The van der Waals surface area contributed by atoms with Gasteiger partial charge in [0.2, 0.25) is 5.91 Å². The lowest BCUT2D eigenvalue weighted by Gasteiger charge is -2.16. The number of hydrogen-bond acceptors (Lipinski definition) is 4. The third kappa shape index (κ3) is 6.28. The van der Waals surface area contributed by atoms with Gasteiger partial charge < -0.3 is 14.8 Å². The molecule has 0 spiro atoms. The number of fused-ring (bicyclic) bond motifs is 1. The van der Waals surface area contributed by atoms with Gasteiger partial charge in [-0.3, -0.25) is 9.59 Å². The van der Waals surface area contributed by atoms with Gasteiger partial charge in [-0.05, 0) is 60.4 Å². The number of aliphatic carboxylic acids is 1. The molecule has 202 valence electrons. The second-order valence-electron chi connectivity index (χ2n) is 8.85. The molecule has 1 aromatic heterocycles. The lowest BCUT2D eigenvalue weighted by molar-refractivity contribution is -0.138. The van der Waals surface area contributed by atoms with E-state index in [1.165, 1.54) is 0 Å². The van der Waals surface area contributed by atoms with E-state index in [9.17, 15) is 31.9 Å². The van der Waals surface area contributed by atoms with Crippen LogP contribution in [0.2, 0.25) is 5.02 Å². The molecule has 0 unspecified atom stereocenters. The van der Waals surface area contributed by atoms with Crippen molar-refractivity contribution in [1.82, 2.24) is 0 Å². The van der Waals surface area contributed by atoms with Crippen LogP contribution in [0.25, 0.3) is 22.1 Å². The Morgan fingerprint density at radius 2 is 1.82 bits per heavy atom. The molecule has 0 radical (unpaired) electrons. The van der Waals surface area contributed by atoms with Gasteiger partial charge in [0.25, 0.3) is 0 Å². The Morgan fingerprint density at radius 1 is 1.08 bits per heavy atom. The van der Waals surface area contributed by atoms with Crippen LogP contribution in [-0.2, 0) is 28.6 Å². The fraction of sp³-hybridized carbons (Fsp3) is 0.179. The predicted molar refractivity (Wildman–Crippen MR) is 137 cm³/mol. The van der Waals surface area contributed by atoms with E-state index < -0.39 is 47.2 Å². The highest BCUT2D eigenvalue weighted by atomic mass is 35.5. The topological polar surface area (TPSA) is 96.6 Å². The quantitative estimate of drug-likeness (QED) is 0.192. The van der Waals surface area contributed by atoms with Gasteiger partial charge in [-0.15, -0.1) is 0 Å². The minimum absolute atomic E-state index is 0.138. The SMILES string of the molecule is Cc1cc2oc(=O)c(CC(=O)Nc3ccc(F)cc3C(F)(F)F)c(-c3cccc(CCC(=O)O)c3)c2cc1Cl. The zero-order chi connectivity index (χ0) is 28.5. The molecule has 0 saturated carbocycles. The van der Waals surface area contributed by atoms with Gasteiger partial charge in [0.15, 0.2) is 0 Å². The van der Waals surface area contributed by atoms with Crippen molar-refractivity contribution in [2.45, 2.75) is 32.4 Å². The summed E-state index contributed by atoms with van der Waals surface area (Å²) in [5.41, 5.74) is -0.922. The summed E-state index contributed by atoms with van der Waals surface area (Å²) in [6.07, 6.45) is -5.56. The largest absolute Gasteiger partial charge is 0.481 e. The fourth-order valence-electron chi connectivity index (χ4n) is 4.20. The summed E-state index contributed by atoms with van der Waals surface area (Å²) in [5.74, 6) is -3.10. The molecule has 0 aliphatic rings. The number of carboxylic acids is 1. The molecule has 2 N–H and O–H groups in total. The Labute approximate surface area is 223 Å². The van der Waals surface area contributed by atoms with E-state index in [2.05, 4.69) is 5.32 Å². The smallest absolute Gasteiger partial charge is 0.418 e. The third-order valence-corrected chi connectivity index (χ3v) is 6.43. The first-order valence-corrected chi connectivity index (χ1v) is 11.9. The van der Waals surface area contributed by atoms with E-state index in [1.54, 1.807) is 43.3 Å². The molecule has 1 heterocycles. The number of anilines is 1. The first-order valence-electron chi connectivity index (χ1n) is 11.6. The second-order valence-corrected chi connectivity index (χ2v) is 9.25. The molecular weight excluding hydrogens is 542 g/mol. The van der Waals surface area contributed by atoms with E-state index in [0.29, 0.717) is 27.1 Å². The van der Waals surface area contributed by atoms with Gasteiger partial charge in [0.05, 0.1) is 23.2 Å². The molecule has 1 amide bonds. The lowest BCUT2D eigenvalue weighted by Crippen LogP contribution is -2.22. The number of aryl methyl sites for hydroxylation is 2. The van der Waals surface area contributed by atoms with Gasteiger partial charge in [-0.2, -0.15) is 13.2 Å². The van der Waals surface area contributed by atoms with Gasteiger partial charge in [0, 0.05) is 22.4 Å². The number of alkyl halides is 3. The molecular formula is C28H20ClF4NO5. The fourth-order valence-corrected chi connectivity index (χ4v) is 4.36. The van der Waals surface area contributed by atoms with Crippen LogP contribution >= 0.6 is 11.6 Å². The Morgan fingerprint density at radius 3 is 2.51 bits per heavy atom. The first kappa shape index (κ1) is 27.8. The van der Waals surface area contributed by atoms with Crippen LogP contribution in [0.3, 0.4) is 0 Å². The monoisotopic (exact) mass is 561 g/mol. The second kappa shape index (κ2) is 10.9. The average Bonchev–Trinajstić information content (AvgIpc) is 2.85. The molecule has 6 nitrogen and oxygen atoms in total. The predicted octanol–water partition coefficient (Wildman–Crippen LogP) is 6.78. The Hall–Kier alpha value is -4.18. The minimum Gasteiger partial charge on any atom is -0.481 e. The van der Waals surface area contributed by atoms with E-state index in [0.717, 1.165) is 12.1 Å². The maximum absolute atomic E-state index is 13.5. The van der Waals surface area contributed by atoms with Crippen molar-refractivity contribution < 1.29 is 36.7 Å². The molecule has 39 heavy (non-hydrogen) atoms. The molecule has 0 saturated heterocycles. The highest BCUT2D eigenvalue weighted by Crippen LogP contribution is 2.37. The van der Waals surface area contributed by atoms with Crippen molar-refractivity contribution in [2.75, 3.05) is 5.32 Å². The summed E-state index contributed by atoms with van der Waals surface area (Å²) in [4.78, 5) is 37.1. The Bertz CT molecular complexity index is 1660. The molecule has 0 fully saturated rings. The molecule has 0 bridgehead atoms. The number of benzene rings is 3. The summed E-state index contributed by atoms with van der Waals surface area (Å²) in [5, 5.41) is 11.9. The summed E-state index contributed by atoms with van der Waals surface area (Å²) in [7, 11) is 0. The Kier molecular flexibility index (Phi) is 7.78. The zero-order valence-electron chi connectivity index (χ0n) is 20.3. The molecule has 11 heteroatoms. The molecule has 4 rings (SSSR count). The number of nitrogens with one attached hydrogen (secondary N) is 1. The number of amides is 1. The van der Waals surface area contributed by atoms with E-state index in [4.69, 9.17) is 21.1 Å². The summed E-state index contributed by atoms with van der Waals surface area (Å²) < 4.78 is 59.2. The molecule has 0 aliphatic carbocycles. The maximum Gasteiger partial charge on any atom is 0.418 e. The first-order chi connectivity index (χ1) is 18.3. The van der Waals surface area contributed by atoms with Crippen LogP contribution in [0.4, 0.5) is 23.2 Å². The van der Waals surface area contributed by atoms with Crippen LogP contribution in [0.1, 0.15) is 28.7 Å². The van der Waals surface area contributed by atoms with Crippen LogP contribution in [0.5, 0.6) is 0 Å². The van der Waals surface area contributed by atoms with Gasteiger partial charge in [0.1, 0.15) is 11.4 Å². The van der Waals surface area contributed by atoms with Crippen molar-refractivity contribution in [1.29, 1.82) is 0 Å². The van der Waals surface area contributed by atoms with Crippen molar-refractivity contribution in [3.05, 3.63) is 98.1 Å². The molecule has 0 atom stereocenters. The van der Waals surface area contributed by atoms with E-state index >= 15 is 0 Å². The lowest BCUT2D eigenvalue weighted by atomic mass is 9.93. The van der Waals surface area contributed by atoms with Crippen molar-refractivity contribution in [2.24, 2.45) is 0 Å². The maximum atomic E-state index is 13.5. The normalized spacial score (nSPS) is 11.5. The van der Waals surface area contributed by atoms with E-state index in [1.807, 2.05) is 0 Å². The van der Waals surface area contributed by atoms with Gasteiger partial charge in [-0.25, -0.2) is 9.18 Å². The van der Waals surface area contributed by atoms with Crippen molar-refractivity contribution >= 4 is 40.1 Å². The van der Waals surface area contributed by atoms with Crippen LogP contribution in [0, 0.1) is 12.7 Å². The van der Waals surface area contributed by atoms with Crippen molar-refractivity contribution in [3.8, 4) is 11.1 Å². The zero-order valence-corrected chi connectivity index (χ0v) is 21.0. The van der Waals surface area contributed by atoms with Crippen LogP contribution in [0.15, 0.2) is 63.8 Å². The highest BCUT2D eigenvalue weighted by molar-refractivity contribution is 6.32. The number of carbonyl (C=O) groups is 2. The summed E-state index contributed by atoms with van der Waals surface area (Å²) >= 11 is 6.34. The van der Waals surface area contributed by atoms with Crippen LogP contribution in [-0.4, -0.2) is 17.0 Å². The van der Waals surface area contributed by atoms with Gasteiger partial charge >= 0.3 is 17.8 Å². The Balaban J connectivity index is 1.83. The average molecular weight is 562 g/mol. The number of hydrogen-bond donors (Lipinski definition) is 2. The molecule has 3 aromatic carbocycles. The van der Waals surface area contributed by atoms with Gasteiger partial charge in [-0.1, -0.05) is 35.9 Å².